The van der Waals surface area contributed by atoms with Crippen LogP contribution in [-0.2, 0) is 0 Å². The van der Waals surface area contributed by atoms with Crippen LogP contribution >= 0.6 is 11.6 Å². The minimum Gasteiger partial charge on any atom is -0.493 e. The van der Waals surface area contributed by atoms with Gasteiger partial charge in [-0.05, 0) is 36.4 Å². The number of hydrogen-bond acceptors (Lipinski definition) is 4. The summed E-state index contributed by atoms with van der Waals surface area (Å²) in [7, 11) is 3.19. The number of methoxy groups -OCH3 is 2. The van der Waals surface area contributed by atoms with Gasteiger partial charge in [0, 0.05) is 12.6 Å². The first-order chi connectivity index (χ1) is 9.62. The summed E-state index contributed by atoms with van der Waals surface area (Å²) in [5.41, 5.74) is 6.84. The average molecular weight is 299 g/mol. The molecule has 112 valence electrons. The van der Waals surface area contributed by atoms with Crippen molar-refractivity contribution in [2.24, 2.45) is 17.6 Å². The predicted molar refractivity (Wildman–Crippen MR) is 81.6 cm³/mol. The first-order valence-corrected chi connectivity index (χ1v) is 7.34. The monoisotopic (exact) mass is 298 g/mol. The Bertz CT molecular complexity index is 467. The molecule has 0 aliphatic heterocycles. The lowest BCUT2D eigenvalue weighted by Crippen LogP contribution is -2.30. The van der Waals surface area contributed by atoms with Gasteiger partial charge in [0.1, 0.15) is 0 Å². The van der Waals surface area contributed by atoms with Crippen molar-refractivity contribution in [1.29, 1.82) is 0 Å². The average Bonchev–Trinajstić information content (AvgIpc) is 3.16. The van der Waals surface area contributed by atoms with E-state index in [1.54, 1.807) is 14.2 Å². The molecule has 3 unspecified atom stereocenters. The van der Waals surface area contributed by atoms with Crippen LogP contribution in [0, 0.1) is 11.8 Å². The van der Waals surface area contributed by atoms with Gasteiger partial charge in [0.15, 0.2) is 11.5 Å². The van der Waals surface area contributed by atoms with Gasteiger partial charge in [0.25, 0.3) is 0 Å². The molecule has 5 heteroatoms. The maximum Gasteiger partial charge on any atom is 0.179 e. The van der Waals surface area contributed by atoms with Crippen molar-refractivity contribution in [2.45, 2.75) is 19.4 Å². The molecule has 4 nitrogen and oxygen atoms in total. The second-order valence-corrected chi connectivity index (χ2v) is 5.75. The number of nitrogens with two attached hydrogens (primary N) is 1. The van der Waals surface area contributed by atoms with Gasteiger partial charge >= 0.3 is 0 Å². The first-order valence-electron chi connectivity index (χ1n) is 6.96. The Morgan fingerprint density at radius 2 is 2.10 bits per heavy atom. The van der Waals surface area contributed by atoms with Crippen LogP contribution in [-0.4, -0.2) is 27.3 Å². The van der Waals surface area contributed by atoms with E-state index < -0.39 is 0 Å². The van der Waals surface area contributed by atoms with Gasteiger partial charge in [0.2, 0.25) is 0 Å². The summed E-state index contributed by atoms with van der Waals surface area (Å²) in [6.07, 6.45) is 1.30. The number of ether oxygens (including phenoxy) is 2. The molecule has 1 aliphatic rings. The van der Waals surface area contributed by atoms with E-state index in [0.29, 0.717) is 23.1 Å². The van der Waals surface area contributed by atoms with E-state index in [2.05, 4.69) is 12.2 Å². The molecular formula is C15H23ClN2O2. The fourth-order valence-corrected chi connectivity index (χ4v) is 2.84. The summed E-state index contributed by atoms with van der Waals surface area (Å²) in [6, 6.07) is 3.85. The Morgan fingerprint density at radius 1 is 1.40 bits per heavy atom. The van der Waals surface area contributed by atoms with Crippen LogP contribution in [0.15, 0.2) is 12.1 Å². The van der Waals surface area contributed by atoms with E-state index in [-0.39, 0.29) is 6.04 Å². The maximum absolute atomic E-state index is 6.43. The molecule has 1 aromatic carbocycles. The van der Waals surface area contributed by atoms with Gasteiger partial charge in [0.05, 0.1) is 19.2 Å². The van der Waals surface area contributed by atoms with Crippen LogP contribution in [0.3, 0.4) is 0 Å². The third-order valence-electron chi connectivity index (χ3n) is 4.03. The van der Waals surface area contributed by atoms with Crippen LogP contribution in [0.5, 0.6) is 11.5 Å². The molecule has 1 aromatic rings. The third-order valence-corrected chi connectivity index (χ3v) is 4.42. The zero-order valence-electron chi connectivity index (χ0n) is 12.3. The molecule has 3 atom stereocenters. The summed E-state index contributed by atoms with van der Waals surface area (Å²) in [5, 5.41) is 4.07. The highest BCUT2D eigenvalue weighted by atomic mass is 35.5. The summed E-state index contributed by atoms with van der Waals surface area (Å²) in [6.45, 7) is 3.75. The molecule has 1 aliphatic carbocycles. The smallest absolute Gasteiger partial charge is 0.179 e. The first kappa shape index (κ1) is 15.4. The SMILES string of the molecule is COc1ccc(C(CN)NCC2CC2C)c(Cl)c1OC. The van der Waals surface area contributed by atoms with Gasteiger partial charge in [-0.15, -0.1) is 0 Å². The second-order valence-electron chi connectivity index (χ2n) is 5.37. The molecule has 0 heterocycles. The van der Waals surface area contributed by atoms with Gasteiger partial charge < -0.3 is 20.5 Å². The Kier molecular flexibility index (Phi) is 5.13. The standard InChI is InChI=1S/C15H23ClN2O2/c1-9-6-10(9)8-18-12(7-17)11-4-5-13(19-2)15(20-3)14(11)16/h4-5,9-10,12,18H,6-8,17H2,1-3H3. The zero-order valence-corrected chi connectivity index (χ0v) is 13.0. The van der Waals surface area contributed by atoms with Crippen LogP contribution in [0.1, 0.15) is 24.9 Å². The molecule has 1 fully saturated rings. The predicted octanol–water partition coefficient (Wildman–Crippen LogP) is 2.60. The number of hydrogen-bond donors (Lipinski definition) is 2. The van der Waals surface area contributed by atoms with Crippen molar-refractivity contribution in [1.82, 2.24) is 5.32 Å². The second kappa shape index (κ2) is 6.66. The van der Waals surface area contributed by atoms with Crippen molar-refractivity contribution >= 4 is 11.6 Å². The van der Waals surface area contributed by atoms with Crippen molar-refractivity contribution in [3.05, 3.63) is 22.7 Å². The van der Waals surface area contributed by atoms with E-state index in [9.17, 15) is 0 Å². The maximum atomic E-state index is 6.43. The number of benzene rings is 1. The highest BCUT2D eigenvalue weighted by molar-refractivity contribution is 6.33. The zero-order chi connectivity index (χ0) is 14.7. The van der Waals surface area contributed by atoms with Gasteiger partial charge in [-0.3, -0.25) is 0 Å². The Morgan fingerprint density at radius 3 is 2.60 bits per heavy atom. The van der Waals surface area contributed by atoms with E-state index in [0.717, 1.165) is 23.9 Å². The topological polar surface area (TPSA) is 56.5 Å². The highest BCUT2D eigenvalue weighted by Crippen LogP contribution is 2.40. The minimum atomic E-state index is 0.0371. The van der Waals surface area contributed by atoms with Crippen LogP contribution in [0.25, 0.3) is 0 Å². The molecule has 0 bridgehead atoms. The van der Waals surface area contributed by atoms with E-state index in [1.165, 1.54) is 6.42 Å². The largest absolute Gasteiger partial charge is 0.493 e. The molecule has 0 saturated heterocycles. The molecule has 0 amide bonds. The lowest BCUT2D eigenvalue weighted by molar-refractivity contribution is 0.354. The Labute approximate surface area is 125 Å². The summed E-state index contributed by atoms with van der Waals surface area (Å²) < 4.78 is 10.6. The summed E-state index contributed by atoms with van der Waals surface area (Å²) in [4.78, 5) is 0. The molecule has 0 spiro atoms. The van der Waals surface area contributed by atoms with E-state index in [4.69, 9.17) is 26.8 Å². The summed E-state index contributed by atoms with van der Waals surface area (Å²) in [5.74, 6) is 2.78. The van der Waals surface area contributed by atoms with E-state index in [1.807, 2.05) is 12.1 Å². The summed E-state index contributed by atoms with van der Waals surface area (Å²) >= 11 is 6.43. The highest BCUT2D eigenvalue weighted by Gasteiger charge is 2.32. The normalized spacial score (nSPS) is 22.4. The molecule has 1 saturated carbocycles. The molecular weight excluding hydrogens is 276 g/mol. The van der Waals surface area contributed by atoms with Crippen molar-refractivity contribution in [2.75, 3.05) is 27.3 Å². The van der Waals surface area contributed by atoms with Crippen molar-refractivity contribution in [3.8, 4) is 11.5 Å². The minimum absolute atomic E-state index is 0.0371. The number of halogens is 1. The molecule has 3 N–H and O–H groups in total. The molecule has 2 rings (SSSR count). The fourth-order valence-electron chi connectivity index (χ4n) is 2.47. The fraction of sp³-hybridized carbons (Fsp3) is 0.600. The number of nitrogens with one attached hydrogen (secondary N) is 1. The van der Waals surface area contributed by atoms with Crippen molar-refractivity contribution < 1.29 is 9.47 Å². The number of rotatable bonds is 7. The third kappa shape index (κ3) is 3.19. The van der Waals surface area contributed by atoms with Gasteiger partial charge in [-0.25, -0.2) is 0 Å². The van der Waals surface area contributed by atoms with Crippen LogP contribution < -0.4 is 20.5 Å². The lowest BCUT2D eigenvalue weighted by atomic mass is 10.1. The molecule has 20 heavy (non-hydrogen) atoms. The quantitative estimate of drug-likeness (QED) is 0.812. The van der Waals surface area contributed by atoms with Crippen molar-refractivity contribution in [3.63, 3.8) is 0 Å². The van der Waals surface area contributed by atoms with Gasteiger partial charge in [-0.1, -0.05) is 24.6 Å². The van der Waals surface area contributed by atoms with Gasteiger partial charge in [-0.2, -0.15) is 0 Å². The molecule has 0 radical (unpaired) electrons. The Hall–Kier alpha value is -0.970. The lowest BCUT2D eigenvalue weighted by Gasteiger charge is -2.21. The van der Waals surface area contributed by atoms with E-state index >= 15 is 0 Å². The van der Waals surface area contributed by atoms with Crippen LogP contribution in [0.2, 0.25) is 5.02 Å². The molecule has 0 aromatic heterocycles. The Balaban J connectivity index is 2.16. The van der Waals surface area contributed by atoms with Crippen LogP contribution in [0.4, 0.5) is 0 Å².